The summed E-state index contributed by atoms with van der Waals surface area (Å²) in [5, 5.41) is 6.20. The van der Waals surface area contributed by atoms with Crippen molar-refractivity contribution in [3.63, 3.8) is 0 Å². The summed E-state index contributed by atoms with van der Waals surface area (Å²) in [5.74, 6) is 2.05. The van der Waals surface area contributed by atoms with Gasteiger partial charge < -0.3 is 15.4 Å². The van der Waals surface area contributed by atoms with E-state index in [9.17, 15) is 13.6 Å². The van der Waals surface area contributed by atoms with Crippen LogP contribution >= 0.6 is 24.2 Å². The molecule has 0 aromatic heterocycles. The molecule has 1 aliphatic rings. The molecule has 2 unspecified atom stereocenters. The van der Waals surface area contributed by atoms with Crippen LogP contribution in [0.25, 0.3) is 0 Å². The lowest BCUT2D eigenvalue weighted by atomic mass is 10.1. The molecule has 0 saturated carbocycles. The molecule has 8 heteroatoms. The number of thioether (sulfide) groups is 1. The van der Waals surface area contributed by atoms with Crippen LogP contribution in [0.3, 0.4) is 0 Å². The van der Waals surface area contributed by atoms with E-state index >= 15 is 0 Å². The number of hydrogen-bond acceptors (Lipinski definition) is 4. The summed E-state index contributed by atoms with van der Waals surface area (Å²) in [6.07, 6.45) is 0.421. The van der Waals surface area contributed by atoms with Crippen molar-refractivity contribution in [3.8, 4) is 5.75 Å². The standard InChI is InChI=1S/C15H20F2N2O2S.ClH/c1-10(11-3-2-4-13(7-11)21-15(16)17)19-14(20)8-12-9-22-6-5-18-12;/h2-4,7,10,12,15,18H,5-6,8-9H2,1H3,(H,19,20);1H. The van der Waals surface area contributed by atoms with Crippen molar-refractivity contribution in [2.24, 2.45) is 0 Å². The minimum atomic E-state index is -2.85. The van der Waals surface area contributed by atoms with E-state index < -0.39 is 6.61 Å². The Balaban J connectivity index is 0.00000264. The zero-order chi connectivity index (χ0) is 15.9. The van der Waals surface area contributed by atoms with Crippen LogP contribution in [0.1, 0.15) is 24.9 Å². The van der Waals surface area contributed by atoms with E-state index in [1.807, 2.05) is 18.7 Å². The Morgan fingerprint density at radius 2 is 2.30 bits per heavy atom. The molecule has 2 N–H and O–H groups in total. The zero-order valence-corrected chi connectivity index (χ0v) is 14.4. The molecule has 1 aromatic carbocycles. The monoisotopic (exact) mass is 366 g/mol. The lowest BCUT2D eigenvalue weighted by Crippen LogP contribution is -2.41. The number of ether oxygens (including phenoxy) is 1. The second kappa shape index (κ2) is 9.95. The quantitative estimate of drug-likeness (QED) is 0.812. The number of rotatable bonds is 6. The van der Waals surface area contributed by atoms with Crippen molar-refractivity contribution >= 4 is 30.1 Å². The number of amides is 1. The first kappa shape index (κ1) is 20.0. The van der Waals surface area contributed by atoms with Gasteiger partial charge in [0.05, 0.1) is 6.04 Å². The second-order valence-electron chi connectivity index (χ2n) is 5.17. The fourth-order valence-corrected chi connectivity index (χ4v) is 3.27. The number of halogens is 3. The lowest BCUT2D eigenvalue weighted by molar-refractivity contribution is -0.122. The molecular weight excluding hydrogens is 346 g/mol. The summed E-state index contributed by atoms with van der Waals surface area (Å²) in [5.41, 5.74) is 0.734. The molecule has 0 bridgehead atoms. The van der Waals surface area contributed by atoms with Gasteiger partial charge in [-0.15, -0.1) is 12.4 Å². The Hall–Kier alpha value is -1.05. The average molecular weight is 367 g/mol. The predicted molar refractivity (Wildman–Crippen MR) is 90.6 cm³/mol. The first-order valence-corrected chi connectivity index (χ1v) is 8.35. The second-order valence-corrected chi connectivity index (χ2v) is 6.32. The molecule has 1 aromatic rings. The fraction of sp³-hybridized carbons (Fsp3) is 0.533. The third-order valence-electron chi connectivity index (χ3n) is 3.39. The van der Waals surface area contributed by atoms with Gasteiger partial charge in [0.1, 0.15) is 5.75 Å². The van der Waals surface area contributed by atoms with Gasteiger partial charge in [-0.2, -0.15) is 20.5 Å². The maximum atomic E-state index is 12.2. The molecule has 1 fully saturated rings. The summed E-state index contributed by atoms with van der Waals surface area (Å²) in [4.78, 5) is 12.0. The largest absolute Gasteiger partial charge is 0.435 e. The van der Waals surface area contributed by atoms with Crippen LogP contribution in [0.4, 0.5) is 8.78 Å². The predicted octanol–water partition coefficient (Wildman–Crippen LogP) is 2.98. The van der Waals surface area contributed by atoms with Crippen molar-refractivity contribution in [1.82, 2.24) is 10.6 Å². The van der Waals surface area contributed by atoms with E-state index in [1.54, 1.807) is 12.1 Å². The zero-order valence-electron chi connectivity index (χ0n) is 12.8. The van der Waals surface area contributed by atoms with E-state index in [0.29, 0.717) is 6.42 Å². The number of benzene rings is 1. The van der Waals surface area contributed by atoms with Gasteiger partial charge in [-0.3, -0.25) is 4.79 Å². The number of carbonyl (C=O) groups excluding carboxylic acids is 1. The molecule has 0 spiro atoms. The maximum absolute atomic E-state index is 12.2. The molecule has 2 atom stereocenters. The molecule has 1 heterocycles. The maximum Gasteiger partial charge on any atom is 0.387 e. The Bertz CT molecular complexity index is 502. The van der Waals surface area contributed by atoms with Gasteiger partial charge in [0.25, 0.3) is 0 Å². The number of alkyl halides is 2. The Kier molecular flexibility index (Phi) is 8.65. The molecule has 1 aliphatic heterocycles. The Morgan fingerprint density at radius 3 is 2.96 bits per heavy atom. The summed E-state index contributed by atoms with van der Waals surface area (Å²) < 4.78 is 28.8. The highest BCUT2D eigenvalue weighted by molar-refractivity contribution is 7.99. The molecule has 1 amide bonds. The highest BCUT2D eigenvalue weighted by Crippen LogP contribution is 2.21. The smallest absolute Gasteiger partial charge is 0.387 e. The third-order valence-corrected chi connectivity index (χ3v) is 4.52. The molecule has 2 rings (SSSR count). The average Bonchev–Trinajstić information content (AvgIpc) is 2.47. The summed E-state index contributed by atoms with van der Waals surface area (Å²) >= 11 is 1.84. The van der Waals surface area contributed by atoms with Crippen molar-refractivity contribution in [1.29, 1.82) is 0 Å². The molecule has 4 nitrogen and oxygen atoms in total. The first-order chi connectivity index (χ1) is 10.5. The van der Waals surface area contributed by atoms with Crippen molar-refractivity contribution in [2.75, 3.05) is 18.1 Å². The minimum absolute atomic E-state index is 0. The normalized spacial score (nSPS) is 18.9. The summed E-state index contributed by atoms with van der Waals surface area (Å²) in [6.45, 7) is -0.108. The molecule has 130 valence electrons. The van der Waals surface area contributed by atoms with Crippen LogP contribution in [0.15, 0.2) is 24.3 Å². The lowest BCUT2D eigenvalue weighted by Gasteiger charge is -2.23. The highest BCUT2D eigenvalue weighted by Gasteiger charge is 2.18. The van der Waals surface area contributed by atoms with Gasteiger partial charge in [-0.25, -0.2) is 0 Å². The molecule has 1 saturated heterocycles. The van der Waals surface area contributed by atoms with Crippen LogP contribution in [-0.4, -0.2) is 36.6 Å². The topological polar surface area (TPSA) is 50.4 Å². The number of carbonyl (C=O) groups is 1. The van der Waals surface area contributed by atoms with Crippen LogP contribution < -0.4 is 15.4 Å². The van der Waals surface area contributed by atoms with E-state index in [2.05, 4.69) is 15.4 Å². The van der Waals surface area contributed by atoms with E-state index in [4.69, 9.17) is 0 Å². The SMILES string of the molecule is CC(NC(=O)CC1CSCCN1)c1cccc(OC(F)F)c1.Cl. The Labute approximate surface area is 145 Å². The molecule has 0 radical (unpaired) electrons. The van der Waals surface area contributed by atoms with Crippen LogP contribution in [0.2, 0.25) is 0 Å². The Morgan fingerprint density at radius 1 is 1.52 bits per heavy atom. The van der Waals surface area contributed by atoms with Crippen LogP contribution in [0, 0.1) is 0 Å². The van der Waals surface area contributed by atoms with Gasteiger partial charge in [-0.05, 0) is 24.6 Å². The minimum Gasteiger partial charge on any atom is -0.435 e. The van der Waals surface area contributed by atoms with Gasteiger partial charge in [-0.1, -0.05) is 12.1 Å². The fourth-order valence-electron chi connectivity index (χ4n) is 2.32. The molecular formula is C15H21ClF2N2O2S. The molecule has 23 heavy (non-hydrogen) atoms. The number of hydrogen-bond donors (Lipinski definition) is 2. The summed E-state index contributed by atoms with van der Waals surface area (Å²) in [6, 6.07) is 6.33. The third kappa shape index (κ3) is 6.93. The van der Waals surface area contributed by atoms with Crippen LogP contribution in [0.5, 0.6) is 5.75 Å². The van der Waals surface area contributed by atoms with Gasteiger partial charge >= 0.3 is 6.61 Å². The van der Waals surface area contributed by atoms with E-state index in [-0.39, 0.29) is 36.1 Å². The molecule has 0 aliphatic carbocycles. The van der Waals surface area contributed by atoms with Crippen molar-refractivity contribution < 1.29 is 18.3 Å². The van der Waals surface area contributed by atoms with Gasteiger partial charge in [0, 0.05) is 30.5 Å². The van der Waals surface area contributed by atoms with E-state index in [0.717, 1.165) is 23.6 Å². The van der Waals surface area contributed by atoms with Gasteiger partial charge in [0.15, 0.2) is 0 Å². The van der Waals surface area contributed by atoms with E-state index in [1.165, 1.54) is 12.1 Å². The number of nitrogens with one attached hydrogen (secondary N) is 2. The van der Waals surface area contributed by atoms with Crippen LogP contribution in [-0.2, 0) is 4.79 Å². The van der Waals surface area contributed by atoms with Crippen molar-refractivity contribution in [2.45, 2.75) is 32.0 Å². The highest BCUT2D eigenvalue weighted by atomic mass is 35.5. The summed E-state index contributed by atoms with van der Waals surface area (Å²) in [7, 11) is 0. The van der Waals surface area contributed by atoms with Crippen molar-refractivity contribution in [3.05, 3.63) is 29.8 Å². The van der Waals surface area contributed by atoms with Gasteiger partial charge in [0.2, 0.25) is 5.91 Å². The first-order valence-electron chi connectivity index (χ1n) is 7.20.